The van der Waals surface area contributed by atoms with Crippen molar-refractivity contribution in [3.05, 3.63) is 52.4 Å². The third-order valence-electron chi connectivity index (χ3n) is 3.21. The topological polar surface area (TPSA) is 87.8 Å². The van der Waals surface area contributed by atoms with Crippen LogP contribution in [0.5, 0.6) is 0 Å². The second-order valence-corrected chi connectivity index (χ2v) is 4.88. The van der Waals surface area contributed by atoms with Gasteiger partial charge in [0.2, 0.25) is 0 Å². The molecule has 2 aromatic rings. The molecule has 7 heteroatoms. The lowest BCUT2D eigenvalue weighted by Crippen LogP contribution is -2.29. The third kappa shape index (κ3) is 2.09. The highest BCUT2D eigenvalue weighted by molar-refractivity contribution is 6.52. The Kier molecular flexibility index (Phi) is 3.03. The van der Waals surface area contributed by atoms with Crippen molar-refractivity contribution in [3.63, 3.8) is 0 Å². The number of benzene rings is 1. The van der Waals surface area contributed by atoms with Gasteiger partial charge in [0.05, 0.1) is 24.1 Å². The lowest BCUT2D eigenvalue weighted by atomic mass is 10.1. The Morgan fingerprint density at radius 2 is 2.05 bits per heavy atom. The van der Waals surface area contributed by atoms with E-state index in [1.807, 2.05) is 0 Å². The van der Waals surface area contributed by atoms with E-state index in [0.29, 0.717) is 10.7 Å². The Bertz CT molecular complexity index is 779. The van der Waals surface area contributed by atoms with E-state index >= 15 is 0 Å². The monoisotopic (exact) mass is 305 g/mol. The van der Waals surface area contributed by atoms with Gasteiger partial charge in [-0.1, -0.05) is 11.6 Å². The van der Waals surface area contributed by atoms with Crippen LogP contribution in [-0.4, -0.2) is 22.8 Å². The number of halogens is 1. The summed E-state index contributed by atoms with van der Waals surface area (Å²) in [6.07, 6.45) is 1.23. The van der Waals surface area contributed by atoms with Crippen LogP contribution in [-0.2, 0) is 11.3 Å². The van der Waals surface area contributed by atoms with Crippen LogP contribution in [0.4, 0.5) is 5.69 Å². The van der Waals surface area contributed by atoms with E-state index in [1.54, 1.807) is 12.1 Å². The average Bonchev–Trinajstić information content (AvgIpc) is 2.99. The van der Waals surface area contributed by atoms with E-state index in [9.17, 15) is 14.4 Å². The van der Waals surface area contributed by atoms with Crippen molar-refractivity contribution in [2.75, 3.05) is 4.90 Å². The highest BCUT2D eigenvalue weighted by Gasteiger charge is 2.37. The molecule has 0 atom stereocenters. The molecule has 1 N–H and O–H groups in total. The summed E-state index contributed by atoms with van der Waals surface area (Å²) in [5, 5.41) is 9.38. The normalized spacial score (nSPS) is 13.7. The first-order valence-electron chi connectivity index (χ1n) is 5.94. The maximum atomic E-state index is 12.0. The molecule has 1 aliphatic rings. The number of fused-ring (bicyclic) bond motifs is 1. The van der Waals surface area contributed by atoms with Crippen molar-refractivity contribution in [1.82, 2.24) is 0 Å². The molecule has 6 nitrogen and oxygen atoms in total. The largest absolute Gasteiger partial charge is 0.478 e. The molecule has 0 saturated heterocycles. The Morgan fingerprint density at radius 1 is 1.29 bits per heavy atom. The first-order valence-corrected chi connectivity index (χ1v) is 6.32. The molecule has 1 aromatic heterocycles. The minimum absolute atomic E-state index is 0.0438. The van der Waals surface area contributed by atoms with Gasteiger partial charge in [0.15, 0.2) is 0 Å². The van der Waals surface area contributed by atoms with Crippen LogP contribution < -0.4 is 4.90 Å². The van der Waals surface area contributed by atoms with Crippen LogP contribution in [0, 0.1) is 0 Å². The summed E-state index contributed by atoms with van der Waals surface area (Å²) < 4.78 is 5.10. The zero-order valence-corrected chi connectivity index (χ0v) is 11.3. The van der Waals surface area contributed by atoms with Crippen molar-refractivity contribution in [2.45, 2.75) is 6.54 Å². The van der Waals surface area contributed by atoms with Crippen molar-refractivity contribution < 1.29 is 23.9 Å². The van der Waals surface area contributed by atoms with E-state index in [0.717, 1.165) is 0 Å². The molecule has 0 bridgehead atoms. The highest BCUT2D eigenvalue weighted by Crippen LogP contribution is 2.32. The summed E-state index contributed by atoms with van der Waals surface area (Å²) in [5.74, 6) is -2.46. The van der Waals surface area contributed by atoms with Gasteiger partial charge in [-0.2, -0.15) is 0 Å². The third-order valence-corrected chi connectivity index (χ3v) is 3.45. The van der Waals surface area contributed by atoms with E-state index in [4.69, 9.17) is 21.1 Å². The van der Waals surface area contributed by atoms with Gasteiger partial charge in [-0.05, 0) is 24.3 Å². The Balaban J connectivity index is 2.01. The minimum atomic E-state index is -1.16. The zero-order chi connectivity index (χ0) is 15.1. The smallest absolute Gasteiger partial charge is 0.339 e. The number of ketones is 1. The fraction of sp³-hybridized carbons (Fsp3) is 0.0714. The van der Waals surface area contributed by atoms with Crippen LogP contribution in [0.15, 0.2) is 34.9 Å². The molecular formula is C14H8ClNO5. The number of nitrogens with zero attached hydrogens (tertiary/aromatic N) is 1. The number of hydrogen-bond donors (Lipinski definition) is 1. The number of anilines is 1. The van der Waals surface area contributed by atoms with Crippen LogP contribution in [0.1, 0.15) is 26.5 Å². The number of carbonyl (C=O) groups is 3. The summed E-state index contributed by atoms with van der Waals surface area (Å²) in [5.41, 5.74) is 0.552. The molecule has 0 fully saturated rings. The number of furan rings is 1. The maximum Gasteiger partial charge on any atom is 0.339 e. The Hall–Kier alpha value is -2.60. The zero-order valence-electron chi connectivity index (χ0n) is 10.5. The van der Waals surface area contributed by atoms with Gasteiger partial charge in [-0.25, -0.2) is 4.79 Å². The second kappa shape index (κ2) is 4.75. The molecule has 0 aliphatic carbocycles. The SMILES string of the molecule is O=C1C(=O)N(Cc2occc2C(=O)O)c2ccc(Cl)cc21. The number of carbonyl (C=O) groups excluding carboxylic acids is 2. The number of carboxylic acid groups (broad SMARTS) is 1. The van der Waals surface area contributed by atoms with Gasteiger partial charge in [0.25, 0.3) is 11.7 Å². The number of aromatic carboxylic acids is 1. The molecule has 0 saturated carbocycles. The van der Waals surface area contributed by atoms with Crippen LogP contribution in [0.3, 0.4) is 0 Å². The summed E-state index contributed by atoms with van der Waals surface area (Å²) >= 11 is 5.82. The first kappa shape index (κ1) is 13.4. The highest BCUT2D eigenvalue weighted by atomic mass is 35.5. The van der Waals surface area contributed by atoms with E-state index in [-0.39, 0.29) is 23.4 Å². The van der Waals surface area contributed by atoms with Gasteiger partial charge in [0.1, 0.15) is 11.3 Å². The van der Waals surface area contributed by atoms with Gasteiger partial charge >= 0.3 is 5.97 Å². The lowest BCUT2D eigenvalue weighted by Gasteiger charge is -2.15. The maximum absolute atomic E-state index is 12.0. The second-order valence-electron chi connectivity index (χ2n) is 4.44. The summed E-state index contributed by atoms with van der Waals surface area (Å²) in [6.45, 7) is -0.131. The quantitative estimate of drug-likeness (QED) is 0.879. The van der Waals surface area contributed by atoms with Gasteiger partial charge < -0.3 is 9.52 Å². The molecule has 0 unspecified atom stereocenters. The summed E-state index contributed by atoms with van der Waals surface area (Å²) in [4.78, 5) is 36.2. The van der Waals surface area contributed by atoms with E-state index in [1.165, 1.54) is 23.3 Å². The molecule has 21 heavy (non-hydrogen) atoms. The van der Waals surface area contributed by atoms with Crippen LogP contribution >= 0.6 is 11.6 Å². The number of carboxylic acids is 1. The molecule has 3 rings (SSSR count). The predicted molar refractivity (Wildman–Crippen MR) is 72.6 cm³/mol. The fourth-order valence-electron chi connectivity index (χ4n) is 2.23. The number of rotatable bonds is 3. The minimum Gasteiger partial charge on any atom is -0.478 e. The Morgan fingerprint density at radius 3 is 2.76 bits per heavy atom. The molecule has 1 aliphatic heterocycles. The Labute approximate surface area is 123 Å². The molecule has 106 valence electrons. The van der Waals surface area contributed by atoms with Gasteiger partial charge in [-0.3, -0.25) is 14.5 Å². The van der Waals surface area contributed by atoms with Crippen molar-refractivity contribution in [1.29, 1.82) is 0 Å². The van der Waals surface area contributed by atoms with Crippen molar-refractivity contribution in [3.8, 4) is 0 Å². The van der Waals surface area contributed by atoms with Crippen molar-refractivity contribution >= 4 is 34.9 Å². The molecule has 0 spiro atoms. The first-order chi connectivity index (χ1) is 9.99. The predicted octanol–water partition coefficient (Wildman–Crippen LogP) is 2.36. The van der Waals surface area contributed by atoms with Crippen molar-refractivity contribution in [2.24, 2.45) is 0 Å². The van der Waals surface area contributed by atoms with Gasteiger partial charge in [-0.15, -0.1) is 0 Å². The average molecular weight is 306 g/mol. The van der Waals surface area contributed by atoms with Crippen LogP contribution in [0.2, 0.25) is 5.02 Å². The van der Waals surface area contributed by atoms with Gasteiger partial charge in [0, 0.05) is 5.02 Å². The summed E-state index contributed by atoms with van der Waals surface area (Å²) in [7, 11) is 0. The molecule has 2 heterocycles. The number of amides is 1. The van der Waals surface area contributed by atoms with E-state index in [2.05, 4.69) is 0 Å². The molecule has 0 radical (unpaired) electrons. The summed E-state index contributed by atoms with van der Waals surface area (Å²) in [6, 6.07) is 5.81. The lowest BCUT2D eigenvalue weighted by molar-refractivity contribution is -0.114. The fourth-order valence-corrected chi connectivity index (χ4v) is 2.40. The van der Waals surface area contributed by atoms with Crippen LogP contribution in [0.25, 0.3) is 0 Å². The van der Waals surface area contributed by atoms with E-state index < -0.39 is 17.7 Å². The number of hydrogen-bond acceptors (Lipinski definition) is 4. The standard InChI is InChI=1S/C14H8ClNO5/c15-7-1-2-10-9(5-7)12(17)13(18)16(10)6-11-8(14(19)20)3-4-21-11/h1-5H,6H2,(H,19,20). The molecule has 1 aromatic carbocycles. The number of Topliss-reactive ketones (excluding diaryl/α,β-unsaturated/α-hetero) is 1. The molecule has 1 amide bonds. The molecular weight excluding hydrogens is 298 g/mol.